The Morgan fingerprint density at radius 2 is 2.27 bits per heavy atom. The Labute approximate surface area is 63.9 Å². The third-order valence-electron chi connectivity index (χ3n) is 0.987. The largest absolute Gasteiger partial charge is 0.506 e. The summed E-state index contributed by atoms with van der Waals surface area (Å²) in [5.74, 6) is 4.75. The average molecular weight is 144 g/mol. The number of pyridine rings is 1. The monoisotopic (exact) mass is 144 g/mol. The van der Waals surface area contributed by atoms with Crippen LogP contribution < -0.4 is 0 Å². The van der Waals surface area contributed by atoms with Crippen LogP contribution in [0.2, 0.25) is 0 Å². The maximum absolute atomic E-state index is 8.90. The second-order valence-electron chi connectivity index (χ2n) is 1.79. The van der Waals surface area contributed by atoms with E-state index in [1.807, 2.05) is 0 Å². The molecule has 1 aromatic heterocycles. The van der Waals surface area contributed by atoms with Crippen LogP contribution in [0.5, 0.6) is 5.75 Å². The molecule has 11 heavy (non-hydrogen) atoms. The number of nitriles is 1. The SMILES string of the molecule is N#CC#Cc1cncc(O)c1. The van der Waals surface area contributed by atoms with Gasteiger partial charge in [-0.3, -0.25) is 4.98 Å². The minimum atomic E-state index is 0.0507. The lowest BCUT2D eigenvalue weighted by Crippen LogP contribution is -1.76. The number of hydrogen-bond donors (Lipinski definition) is 1. The molecule has 0 radical (unpaired) electrons. The van der Waals surface area contributed by atoms with Crippen LogP contribution in [0.1, 0.15) is 5.56 Å². The molecular formula is C8H4N2O. The first-order chi connectivity index (χ1) is 5.33. The highest BCUT2D eigenvalue weighted by Crippen LogP contribution is 2.06. The predicted octanol–water partition coefficient (Wildman–Crippen LogP) is 0.662. The van der Waals surface area contributed by atoms with Gasteiger partial charge in [0.2, 0.25) is 0 Å². The Morgan fingerprint density at radius 3 is 2.91 bits per heavy atom. The molecule has 0 atom stereocenters. The van der Waals surface area contributed by atoms with E-state index < -0.39 is 0 Å². The van der Waals surface area contributed by atoms with Gasteiger partial charge in [-0.25, -0.2) is 0 Å². The van der Waals surface area contributed by atoms with Crippen LogP contribution in [-0.4, -0.2) is 10.1 Å². The van der Waals surface area contributed by atoms with Crippen molar-refractivity contribution in [3.8, 4) is 23.7 Å². The summed E-state index contributed by atoms with van der Waals surface area (Å²) in [6.45, 7) is 0. The lowest BCUT2D eigenvalue weighted by molar-refractivity contribution is 0.472. The van der Waals surface area contributed by atoms with Crippen molar-refractivity contribution >= 4 is 0 Å². The lowest BCUT2D eigenvalue weighted by Gasteiger charge is -1.89. The zero-order chi connectivity index (χ0) is 8.10. The highest BCUT2D eigenvalue weighted by Gasteiger charge is 1.88. The van der Waals surface area contributed by atoms with Gasteiger partial charge in [0.1, 0.15) is 5.75 Å². The van der Waals surface area contributed by atoms with E-state index in [-0.39, 0.29) is 5.75 Å². The van der Waals surface area contributed by atoms with Crippen LogP contribution in [0.15, 0.2) is 18.5 Å². The maximum atomic E-state index is 8.90. The molecule has 3 heteroatoms. The number of rotatable bonds is 0. The molecule has 0 fully saturated rings. The quantitative estimate of drug-likeness (QED) is 0.544. The van der Waals surface area contributed by atoms with Crippen LogP contribution in [0.3, 0.4) is 0 Å². The molecule has 0 saturated carbocycles. The molecule has 1 heterocycles. The van der Waals surface area contributed by atoms with Gasteiger partial charge < -0.3 is 5.11 Å². The Hall–Kier alpha value is -2.00. The second kappa shape index (κ2) is 3.24. The summed E-state index contributed by atoms with van der Waals surface area (Å²) in [5.41, 5.74) is 0.534. The summed E-state index contributed by atoms with van der Waals surface area (Å²) in [7, 11) is 0. The topological polar surface area (TPSA) is 56.9 Å². The van der Waals surface area contributed by atoms with E-state index in [1.165, 1.54) is 18.5 Å². The number of aromatic hydroxyl groups is 1. The molecule has 0 saturated heterocycles. The molecular weight excluding hydrogens is 140 g/mol. The van der Waals surface area contributed by atoms with Gasteiger partial charge in [-0.05, 0) is 12.0 Å². The summed E-state index contributed by atoms with van der Waals surface area (Å²) in [6.07, 6.45) is 2.78. The van der Waals surface area contributed by atoms with Crippen molar-refractivity contribution in [2.24, 2.45) is 0 Å². The maximum Gasteiger partial charge on any atom is 0.152 e. The van der Waals surface area contributed by atoms with Crippen molar-refractivity contribution in [2.75, 3.05) is 0 Å². The van der Waals surface area contributed by atoms with E-state index in [2.05, 4.69) is 16.8 Å². The molecule has 3 nitrogen and oxygen atoms in total. The summed E-state index contributed by atoms with van der Waals surface area (Å²) >= 11 is 0. The van der Waals surface area contributed by atoms with Gasteiger partial charge in [0.05, 0.1) is 6.20 Å². The van der Waals surface area contributed by atoms with Gasteiger partial charge >= 0.3 is 0 Å². The van der Waals surface area contributed by atoms with E-state index in [4.69, 9.17) is 10.4 Å². The zero-order valence-corrected chi connectivity index (χ0v) is 5.57. The first kappa shape index (κ1) is 7.11. The molecule has 1 N–H and O–H groups in total. The number of aromatic nitrogens is 1. The fraction of sp³-hybridized carbons (Fsp3) is 0. The zero-order valence-electron chi connectivity index (χ0n) is 5.57. The van der Waals surface area contributed by atoms with Crippen molar-refractivity contribution in [1.82, 2.24) is 4.98 Å². The van der Waals surface area contributed by atoms with Gasteiger partial charge in [-0.1, -0.05) is 0 Å². The third-order valence-corrected chi connectivity index (χ3v) is 0.987. The first-order valence-electron chi connectivity index (χ1n) is 2.87. The molecule has 0 amide bonds. The fourth-order valence-electron chi connectivity index (χ4n) is 0.596. The molecule has 0 spiro atoms. The molecule has 0 aromatic carbocycles. The number of hydrogen-bond acceptors (Lipinski definition) is 3. The van der Waals surface area contributed by atoms with Crippen LogP contribution in [-0.2, 0) is 0 Å². The van der Waals surface area contributed by atoms with E-state index in [9.17, 15) is 0 Å². The van der Waals surface area contributed by atoms with Crippen molar-refractivity contribution in [3.63, 3.8) is 0 Å². The molecule has 0 aliphatic heterocycles. The van der Waals surface area contributed by atoms with E-state index in [0.29, 0.717) is 5.56 Å². The van der Waals surface area contributed by atoms with Gasteiger partial charge in [-0.15, -0.1) is 0 Å². The highest BCUT2D eigenvalue weighted by atomic mass is 16.3. The Balaban J connectivity index is 2.99. The first-order valence-corrected chi connectivity index (χ1v) is 2.87. The van der Waals surface area contributed by atoms with Crippen molar-refractivity contribution < 1.29 is 5.11 Å². The summed E-state index contributed by atoms with van der Waals surface area (Å²) in [6, 6.07) is 3.11. The van der Waals surface area contributed by atoms with Crippen LogP contribution in [0.25, 0.3) is 0 Å². The van der Waals surface area contributed by atoms with E-state index >= 15 is 0 Å². The Morgan fingerprint density at radius 1 is 1.45 bits per heavy atom. The smallest absolute Gasteiger partial charge is 0.152 e. The van der Waals surface area contributed by atoms with Gasteiger partial charge in [0.15, 0.2) is 6.07 Å². The van der Waals surface area contributed by atoms with Crippen molar-refractivity contribution in [3.05, 3.63) is 24.0 Å². The third kappa shape index (κ3) is 2.00. The molecule has 0 bridgehead atoms. The van der Waals surface area contributed by atoms with Crippen molar-refractivity contribution in [1.29, 1.82) is 5.26 Å². The minimum Gasteiger partial charge on any atom is -0.506 e. The second-order valence-corrected chi connectivity index (χ2v) is 1.79. The summed E-state index contributed by atoms with van der Waals surface area (Å²) < 4.78 is 0. The average Bonchev–Trinajstić information content (AvgIpc) is 2.01. The van der Waals surface area contributed by atoms with Gasteiger partial charge in [0, 0.05) is 17.7 Å². The fourth-order valence-corrected chi connectivity index (χ4v) is 0.596. The molecule has 0 aliphatic rings. The van der Waals surface area contributed by atoms with Gasteiger partial charge in [-0.2, -0.15) is 5.26 Å². The minimum absolute atomic E-state index is 0.0507. The van der Waals surface area contributed by atoms with Gasteiger partial charge in [0.25, 0.3) is 0 Å². The molecule has 1 rings (SSSR count). The molecule has 1 aromatic rings. The number of nitrogens with zero attached hydrogens (tertiary/aromatic N) is 2. The van der Waals surface area contributed by atoms with Crippen molar-refractivity contribution in [2.45, 2.75) is 0 Å². The normalized spacial score (nSPS) is 7.55. The standard InChI is InChI=1S/C8H4N2O/c9-3-1-2-7-4-8(11)6-10-5-7/h4-6,11H. The lowest BCUT2D eigenvalue weighted by atomic mass is 10.3. The highest BCUT2D eigenvalue weighted by molar-refractivity contribution is 5.38. The van der Waals surface area contributed by atoms with Crippen LogP contribution in [0, 0.1) is 23.2 Å². The molecule has 0 unspecified atom stereocenters. The Kier molecular flexibility index (Phi) is 2.09. The van der Waals surface area contributed by atoms with E-state index in [0.717, 1.165) is 0 Å². The van der Waals surface area contributed by atoms with Crippen LogP contribution in [0.4, 0.5) is 0 Å². The van der Waals surface area contributed by atoms with Crippen LogP contribution >= 0.6 is 0 Å². The molecule has 52 valence electrons. The van der Waals surface area contributed by atoms with E-state index in [1.54, 1.807) is 6.07 Å². The summed E-state index contributed by atoms with van der Waals surface area (Å²) in [4.78, 5) is 3.68. The molecule has 0 aliphatic carbocycles. The Bertz CT molecular complexity index is 354. The summed E-state index contributed by atoms with van der Waals surface area (Å²) in [5, 5.41) is 17.0. The predicted molar refractivity (Wildman–Crippen MR) is 38.4 cm³/mol.